The Morgan fingerprint density at radius 2 is 1.73 bits per heavy atom. The molecule has 0 saturated carbocycles. The average Bonchev–Trinajstić information content (AvgIpc) is 3.26. The molecule has 0 bridgehead atoms. The van der Waals surface area contributed by atoms with Crippen LogP contribution in [0.4, 0.5) is 5.69 Å². The molecule has 12 heteroatoms. The van der Waals surface area contributed by atoms with E-state index in [2.05, 4.69) is 20.8 Å². The Morgan fingerprint density at radius 3 is 2.46 bits per heavy atom. The predicted molar refractivity (Wildman–Crippen MR) is 150 cm³/mol. The van der Waals surface area contributed by atoms with Gasteiger partial charge in [-0.15, -0.1) is 10.2 Å². The molecule has 0 atom stereocenters. The molecule has 4 aromatic rings. The van der Waals surface area contributed by atoms with Gasteiger partial charge in [0.2, 0.25) is 5.91 Å². The highest BCUT2D eigenvalue weighted by Gasteiger charge is 2.19. The molecule has 7 nitrogen and oxygen atoms in total. The van der Waals surface area contributed by atoms with Gasteiger partial charge in [-0.05, 0) is 61.0 Å². The van der Waals surface area contributed by atoms with Crippen molar-refractivity contribution in [2.75, 3.05) is 11.1 Å². The average molecular weight is 595 g/mol. The van der Waals surface area contributed by atoms with Gasteiger partial charge in [-0.3, -0.25) is 14.2 Å². The molecule has 1 aromatic heterocycles. The zero-order chi connectivity index (χ0) is 26.5. The fraction of sp³-hybridized carbons (Fsp3) is 0.120. The van der Waals surface area contributed by atoms with Crippen molar-refractivity contribution >= 4 is 75.7 Å². The smallest absolute Gasteiger partial charge is 0.253 e. The molecule has 0 radical (unpaired) electrons. The van der Waals surface area contributed by atoms with E-state index in [4.69, 9.17) is 46.4 Å². The molecule has 190 valence electrons. The summed E-state index contributed by atoms with van der Waals surface area (Å²) in [6.07, 6.45) is 0. The van der Waals surface area contributed by atoms with E-state index in [1.807, 2.05) is 31.2 Å². The van der Waals surface area contributed by atoms with Gasteiger partial charge in [0, 0.05) is 10.7 Å². The summed E-state index contributed by atoms with van der Waals surface area (Å²) >= 11 is 25.6. The van der Waals surface area contributed by atoms with E-state index in [-0.39, 0.29) is 28.8 Å². The number of aromatic nitrogens is 3. The topological polar surface area (TPSA) is 88.9 Å². The summed E-state index contributed by atoms with van der Waals surface area (Å²) in [5.74, 6) is -0.109. The number of carbonyl (C=O) groups is 2. The zero-order valence-corrected chi connectivity index (χ0v) is 23.1. The summed E-state index contributed by atoms with van der Waals surface area (Å²) in [5.41, 5.74) is 2.64. The second-order valence-corrected chi connectivity index (χ2v) is 10.4. The van der Waals surface area contributed by atoms with Gasteiger partial charge in [0.25, 0.3) is 5.91 Å². The maximum atomic E-state index is 12.7. The lowest BCUT2D eigenvalue weighted by molar-refractivity contribution is -0.113. The molecular weight excluding hydrogens is 576 g/mol. The first-order valence-corrected chi connectivity index (χ1v) is 13.3. The number of carbonyl (C=O) groups excluding carboxylic acids is 2. The summed E-state index contributed by atoms with van der Waals surface area (Å²) in [6, 6.07) is 17.2. The number of hydrogen-bond donors (Lipinski definition) is 2. The zero-order valence-electron chi connectivity index (χ0n) is 19.3. The summed E-state index contributed by atoms with van der Waals surface area (Å²) in [7, 11) is 0. The third kappa shape index (κ3) is 6.97. The maximum absolute atomic E-state index is 12.7. The van der Waals surface area contributed by atoms with Crippen LogP contribution in [0.5, 0.6) is 0 Å². The molecular formula is C25H19Cl4N5O2S. The molecule has 0 spiro atoms. The molecule has 0 saturated heterocycles. The molecule has 2 N–H and O–H groups in total. The normalized spacial score (nSPS) is 10.8. The Hall–Kier alpha value is -2.75. The second kappa shape index (κ2) is 12.2. The minimum Gasteiger partial charge on any atom is -0.345 e. The van der Waals surface area contributed by atoms with Crippen molar-refractivity contribution in [3.63, 3.8) is 0 Å². The van der Waals surface area contributed by atoms with Crippen LogP contribution >= 0.6 is 58.2 Å². The third-order valence-electron chi connectivity index (χ3n) is 5.08. The van der Waals surface area contributed by atoms with Crippen LogP contribution in [-0.2, 0) is 11.3 Å². The number of nitrogens with one attached hydrogen (secondary N) is 2. The highest BCUT2D eigenvalue weighted by atomic mass is 35.5. The molecule has 0 unspecified atom stereocenters. The molecule has 1 heterocycles. The van der Waals surface area contributed by atoms with Crippen molar-refractivity contribution < 1.29 is 9.59 Å². The fourth-order valence-corrected chi connectivity index (χ4v) is 4.93. The van der Waals surface area contributed by atoms with E-state index < -0.39 is 5.91 Å². The lowest BCUT2D eigenvalue weighted by Crippen LogP contribution is -2.25. The summed E-state index contributed by atoms with van der Waals surface area (Å²) in [5, 5.41) is 16.0. The Kier molecular flexibility index (Phi) is 9.00. The van der Waals surface area contributed by atoms with Gasteiger partial charge in [0.15, 0.2) is 11.0 Å². The molecule has 0 aliphatic heterocycles. The number of aryl methyl sites for hydroxylation is 1. The largest absolute Gasteiger partial charge is 0.345 e. The van der Waals surface area contributed by atoms with Gasteiger partial charge in [0.05, 0.1) is 38.6 Å². The van der Waals surface area contributed by atoms with Gasteiger partial charge in [0.1, 0.15) is 0 Å². The standard InChI is InChI=1S/C25H19Cl4N5O2S/c1-14-3-2-4-16(9-14)31-23(35)13-37-25-33-32-22(34(25)17-6-8-19(27)21(29)11-17)12-30-24(36)18-7-5-15(26)10-20(18)28/h2-11H,12-13H2,1H3,(H,30,36)(H,31,35). The highest BCUT2D eigenvalue weighted by Crippen LogP contribution is 2.28. The van der Waals surface area contributed by atoms with Crippen LogP contribution in [0.2, 0.25) is 20.1 Å². The van der Waals surface area contributed by atoms with Gasteiger partial charge in [-0.25, -0.2) is 0 Å². The van der Waals surface area contributed by atoms with E-state index in [1.54, 1.807) is 28.8 Å². The predicted octanol–water partition coefficient (Wildman–Crippen LogP) is 6.85. The summed E-state index contributed by atoms with van der Waals surface area (Å²) in [4.78, 5) is 25.3. The van der Waals surface area contributed by atoms with E-state index in [9.17, 15) is 9.59 Å². The van der Waals surface area contributed by atoms with Crippen molar-refractivity contribution in [1.29, 1.82) is 0 Å². The Labute approximate surface area is 237 Å². The summed E-state index contributed by atoms with van der Waals surface area (Å²) in [6.45, 7) is 1.98. The van der Waals surface area contributed by atoms with Crippen LogP contribution in [0, 0.1) is 6.92 Å². The lowest BCUT2D eigenvalue weighted by Gasteiger charge is -2.12. The number of anilines is 1. The number of benzene rings is 3. The van der Waals surface area contributed by atoms with Crippen LogP contribution in [0.25, 0.3) is 5.69 Å². The van der Waals surface area contributed by atoms with Crippen molar-refractivity contribution in [2.24, 2.45) is 0 Å². The monoisotopic (exact) mass is 593 g/mol. The Morgan fingerprint density at radius 1 is 0.919 bits per heavy atom. The van der Waals surface area contributed by atoms with Crippen LogP contribution in [0.1, 0.15) is 21.7 Å². The number of amides is 2. The summed E-state index contributed by atoms with van der Waals surface area (Å²) < 4.78 is 1.70. The van der Waals surface area contributed by atoms with Crippen molar-refractivity contribution in [2.45, 2.75) is 18.6 Å². The van der Waals surface area contributed by atoms with Gasteiger partial charge in [-0.1, -0.05) is 70.3 Å². The lowest BCUT2D eigenvalue weighted by atomic mass is 10.2. The van der Waals surface area contributed by atoms with Crippen LogP contribution < -0.4 is 10.6 Å². The minimum absolute atomic E-state index is 0.0289. The molecule has 3 aromatic carbocycles. The number of rotatable bonds is 8. The first-order valence-electron chi connectivity index (χ1n) is 10.8. The molecule has 37 heavy (non-hydrogen) atoms. The fourth-order valence-electron chi connectivity index (χ4n) is 3.37. The minimum atomic E-state index is -0.405. The highest BCUT2D eigenvalue weighted by molar-refractivity contribution is 7.99. The molecule has 0 aliphatic carbocycles. The van der Waals surface area contributed by atoms with Crippen molar-refractivity contribution in [3.8, 4) is 5.69 Å². The quantitative estimate of drug-likeness (QED) is 0.218. The Balaban J connectivity index is 1.54. The first-order chi connectivity index (χ1) is 17.7. The van der Waals surface area contributed by atoms with Crippen molar-refractivity contribution in [3.05, 3.63) is 97.7 Å². The number of nitrogens with zero attached hydrogens (tertiary/aromatic N) is 3. The van der Waals surface area contributed by atoms with E-state index in [0.29, 0.717) is 37.4 Å². The van der Waals surface area contributed by atoms with Crippen molar-refractivity contribution in [1.82, 2.24) is 20.1 Å². The molecule has 0 aliphatic rings. The van der Waals surface area contributed by atoms with Gasteiger partial charge in [-0.2, -0.15) is 0 Å². The Bertz CT molecular complexity index is 1480. The van der Waals surface area contributed by atoms with Crippen LogP contribution in [0.15, 0.2) is 65.8 Å². The molecule has 0 fully saturated rings. The van der Waals surface area contributed by atoms with E-state index in [0.717, 1.165) is 5.56 Å². The van der Waals surface area contributed by atoms with Crippen LogP contribution in [0.3, 0.4) is 0 Å². The number of thioether (sulfide) groups is 1. The van der Waals surface area contributed by atoms with Gasteiger partial charge < -0.3 is 10.6 Å². The molecule has 2 amide bonds. The van der Waals surface area contributed by atoms with Crippen LogP contribution in [-0.4, -0.2) is 32.3 Å². The van der Waals surface area contributed by atoms with E-state index >= 15 is 0 Å². The first kappa shape index (κ1) is 27.3. The molecule has 4 rings (SSSR count). The number of hydrogen-bond acceptors (Lipinski definition) is 5. The SMILES string of the molecule is Cc1cccc(NC(=O)CSc2nnc(CNC(=O)c3ccc(Cl)cc3Cl)n2-c2ccc(Cl)c(Cl)c2)c1. The van der Waals surface area contributed by atoms with Gasteiger partial charge >= 0.3 is 0 Å². The second-order valence-electron chi connectivity index (χ2n) is 7.85. The maximum Gasteiger partial charge on any atom is 0.253 e. The van der Waals surface area contributed by atoms with E-state index in [1.165, 1.54) is 23.9 Å². The number of halogens is 4. The third-order valence-corrected chi connectivity index (χ3v) is 7.29.